The van der Waals surface area contributed by atoms with Crippen molar-refractivity contribution in [2.75, 3.05) is 20.1 Å². The zero-order valence-electron chi connectivity index (χ0n) is 12.8. The summed E-state index contributed by atoms with van der Waals surface area (Å²) in [6.45, 7) is 2.88. The molecule has 1 fully saturated rings. The van der Waals surface area contributed by atoms with Gasteiger partial charge in [-0.05, 0) is 37.1 Å². The van der Waals surface area contributed by atoms with Gasteiger partial charge in [0.25, 0.3) is 5.91 Å². The highest BCUT2D eigenvalue weighted by Gasteiger charge is 2.26. The van der Waals surface area contributed by atoms with Crippen LogP contribution in [0.15, 0.2) is 24.3 Å². The fraction of sp³-hybridized carbons (Fsp3) is 0.438. The van der Waals surface area contributed by atoms with Crippen LogP contribution in [0.2, 0.25) is 0 Å². The molecule has 22 heavy (non-hydrogen) atoms. The highest BCUT2D eigenvalue weighted by molar-refractivity contribution is 5.96. The molecule has 1 saturated heterocycles. The van der Waals surface area contributed by atoms with Crippen molar-refractivity contribution in [1.82, 2.24) is 9.80 Å². The van der Waals surface area contributed by atoms with Crippen molar-refractivity contribution in [1.29, 1.82) is 0 Å². The first-order valence-electron chi connectivity index (χ1n) is 7.26. The van der Waals surface area contributed by atoms with Crippen LogP contribution in [-0.4, -0.2) is 58.9 Å². The Morgan fingerprint density at radius 3 is 2.05 bits per heavy atom. The Kier molecular flexibility index (Phi) is 4.80. The van der Waals surface area contributed by atoms with Gasteiger partial charge in [-0.1, -0.05) is 0 Å². The molecule has 1 aromatic carbocycles. The van der Waals surface area contributed by atoms with Gasteiger partial charge in [0.15, 0.2) is 0 Å². The van der Waals surface area contributed by atoms with Gasteiger partial charge in [-0.25, -0.2) is 4.79 Å². The van der Waals surface area contributed by atoms with E-state index in [2.05, 4.69) is 0 Å². The maximum Gasteiger partial charge on any atom is 0.335 e. The number of nitrogens with zero attached hydrogens (tertiary/aromatic N) is 2. The van der Waals surface area contributed by atoms with Crippen LogP contribution in [-0.2, 0) is 4.79 Å². The SMILES string of the molecule is CC(=O)N1CCC(N(C)C(=O)c2ccc(C(=O)O)cc2)CC1. The molecule has 0 aromatic heterocycles. The van der Waals surface area contributed by atoms with E-state index in [-0.39, 0.29) is 23.4 Å². The highest BCUT2D eigenvalue weighted by Crippen LogP contribution is 2.18. The quantitative estimate of drug-likeness (QED) is 0.917. The average Bonchev–Trinajstić information content (AvgIpc) is 2.53. The minimum Gasteiger partial charge on any atom is -0.478 e. The van der Waals surface area contributed by atoms with E-state index < -0.39 is 5.97 Å². The third kappa shape index (κ3) is 3.44. The zero-order valence-corrected chi connectivity index (χ0v) is 12.8. The van der Waals surface area contributed by atoms with Crippen molar-refractivity contribution in [2.45, 2.75) is 25.8 Å². The molecule has 0 radical (unpaired) electrons. The van der Waals surface area contributed by atoms with E-state index in [0.717, 1.165) is 12.8 Å². The van der Waals surface area contributed by atoms with E-state index in [1.807, 2.05) is 0 Å². The lowest BCUT2D eigenvalue weighted by Gasteiger charge is -2.36. The largest absolute Gasteiger partial charge is 0.478 e. The van der Waals surface area contributed by atoms with Crippen LogP contribution in [0.25, 0.3) is 0 Å². The van der Waals surface area contributed by atoms with Gasteiger partial charge in [0, 0.05) is 38.7 Å². The number of aromatic carboxylic acids is 1. The number of carbonyl (C=O) groups is 3. The van der Waals surface area contributed by atoms with Crippen LogP contribution in [0, 0.1) is 0 Å². The predicted molar refractivity (Wildman–Crippen MR) is 80.8 cm³/mol. The van der Waals surface area contributed by atoms with Gasteiger partial charge in [-0.15, -0.1) is 0 Å². The number of benzene rings is 1. The molecule has 0 unspecified atom stereocenters. The van der Waals surface area contributed by atoms with Gasteiger partial charge < -0.3 is 14.9 Å². The first kappa shape index (κ1) is 16.0. The van der Waals surface area contributed by atoms with Crippen LogP contribution in [0.3, 0.4) is 0 Å². The van der Waals surface area contributed by atoms with Crippen LogP contribution in [0.5, 0.6) is 0 Å². The molecule has 2 amide bonds. The smallest absolute Gasteiger partial charge is 0.335 e. The molecular formula is C16H20N2O4. The molecule has 6 nitrogen and oxygen atoms in total. The Morgan fingerprint density at radius 1 is 1.09 bits per heavy atom. The molecule has 1 aliphatic heterocycles. The fourth-order valence-electron chi connectivity index (χ4n) is 2.69. The van der Waals surface area contributed by atoms with E-state index >= 15 is 0 Å². The monoisotopic (exact) mass is 304 g/mol. The third-order valence-corrected chi connectivity index (χ3v) is 4.16. The van der Waals surface area contributed by atoms with Crippen molar-refractivity contribution in [3.63, 3.8) is 0 Å². The topological polar surface area (TPSA) is 77.9 Å². The molecule has 0 bridgehead atoms. The summed E-state index contributed by atoms with van der Waals surface area (Å²) < 4.78 is 0. The molecule has 2 rings (SSSR count). The molecule has 0 spiro atoms. The minimum atomic E-state index is -1.01. The molecule has 1 aliphatic rings. The molecule has 1 heterocycles. The lowest BCUT2D eigenvalue weighted by Crippen LogP contribution is -2.46. The number of hydrogen-bond acceptors (Lipinski definition) is 3. The second kappa shape index (κ2) is 6.60. The lowest BCUT2D eigenvalue weighted by molar-refractivity contribution is -0.130. The predicted octanol–water partition coefficient (Wildman–Crippen LogP) is 1.47. The van der Waals surface area contributed by atoms with Gasteiger partial charge in [-0.2, -0.15) is 0 Å². The van der Waals surface area contributed by atoms with E-state index in [1.54, 1.807) is 23.8 Å². The second-order valence-electron chi connectivity index (χ2n) is 5.54. The normalized spacial score (nSPS) is 15.5. The van der Waals surface area contributed by atoms with Crippen molar-refractivity contribution >= 4 is 17.8 Å². The zero-order chi connectivity index (χ0) is 16.3. The Bertz CT molecular complexity index is 574. The van der Waals surface area contributed by atoms with Crippen LogP contribution in [0.1, 0.15) is 40.5 Å². The number of carboxylic acid groups (broad SMARTS) is 1. The van der Waals surface area contributed by atoms with Crippen molar-refractivity contribution in [3.05, 3.63) is 35.4 Å². The van der Waals surface area contributed by atoms with Gasteiger partial charge in [-0.3, -0.25) is 9.59 Å². The number of piperidine rings is 1. The Morgan fingerprint density at radius 2 is 1.59 bits per heavy atom. The molecule has 118 valence electrons. The molecule has 1 N–H and O–H groups in total. The summed E-state index contributed by atoms with van der Waals surface area (Å²) in [5, 5.41) is 8.87. The molecular weight excluding hydrogens is 284 g/mol. The first-order valence-corrected chi connectivity index (χ1v) is 7.26. The number of likely N-dealkylation sites (tertiary alicyclic amines) is 1. The van der Waals surface area contributed by atoms with Gasteiger partial charge in [0.1, 0.15) is 0 Å². The second-order valence-corrected chi connectivity index (χ2v) is 5.54. The molecule has 0 atom stereocenters. The summed E-state index contributed by atoms with van der Waals surface area (Å²) in [6.07, 6.45) is 1.52. The molecule has 6 heteroatoms. The maximum atomic E-state index is 12.4. The highest BCUT2D eigenvalue weighted by atomic mass is 16.4. The number of carboxylic acids is 1. The number of rotatable bonds is 3. The lowest BCUT2D eigenvalue weighted by atomic mass is 10.0. The third-order valence-electron chi connectivity index (χ3n) is 4.16. The van der Waals surface area contributed by atoms with Crippen LogP contribution < -0.4 is 0 Å². The maximum absolute atomic E-state index is 12.4. The van der Waals surface area contributed by atoms with E-state index in [4.69, 9.17) is 5.11 Å². The van der Waals surface area contributed by atoms with Crippen molar-refractivity contribution in [3.8, 4) is 0 Å². The standard InChI is InChI=1S/C16H20N2O4/c1-11(19)18-9-7-14(8-10-18)17(2)15(20)12-3-5-13(6-4-12)16(21)22/h3-6,14H,7-10H2,1-2H3,(H,21,22). The number of hydrogen-bond donors (Lipinski definition) is 1. The Hall–Kier alpha value is -2.37. The van der Waals surface area contributed by atoms with Gasteiger partial charge >= 0.3 is 5.97 Å². The summed E-state index contributed by atoms with van der Waals surface area (Å²) in [5.41, 5.74) is 0.635. The molecule has 1 aromatic rings. The van der Waals surface area contributed by atoms with Crippen molar-refractivity contribution < 1.29 is 19.5 Å². The Labute approximate surface area is 129 Å². The summed E-state index contributed by atoms with van der Waals surface area (Å²) in [5.74, 6) is -1.07. The Balaban J connectivity index is 2.00. The molecule has 0 saturated carbocycles. The van der Waals surface area contributed by atoms with Gasteiger partial charge in [0.05, 0.1) is 5.56 Å². The van der Waals surface area contributed by atoms with Crippen LogP contribution >= 0.6 is 0 Å². The van der Waals surface area contributed by atoms with E-state index in [1.165, 1.54) is 24.3 Å². The summed E-state index contributed by atoms with van der Waals surface area (Å²) in [6, 6.07) is 6.03. The summed E-state index contributed by atoms with van der Waals surface area (Å²) in [7, 11) is 1.75. The minimum absolute atomic E-state index is 0.0664. The fourth-order valence-corrected chi connectivity index (χ4v) is 2.69. The van der Waals surface area contributed by atoms with Gasteiger partial charge in [0.2, 0.25) is 5.91 Å². The van der Waals surface area contributed by atoms with Crippen molar-refractivity contribution in [2.24, 2.45) is 0 Å². The number of carbonyl (C=O) groups excluding carboxylic acids is 2. The van der Waals surface area contributed by atoms with E-state index in [0.29, 0.717) is 18.7 Å². The summed E-state index contributed by atoms with van der Waals surface area (Å²) in [4.78, 5) is 38.1. The van der Waals surface area contributed by atoms with E-state index in [9.17, 15) is 14.4 Å². The number of amides is 2. The average molecular weight is 304 g/mol. The molecule has 0 aliphatic carbocycles. The summed E-state index contributed by atoms with van der Waals surface area (Å²) >= 11 is 0. The van der Waals surface area contributed by atoms with Crippen LogP contribution in [0.4, 0.5) is 0 Å². The first-order chi connectivity index (χ1) is 10.4.